The van der Waals surface area contributed by atoms with E-state index >= 15 is 0 Å². The van der Waals surface area contributed by atoms with E-state index in [1.54, 1.807) is 48.5 Å². The number of hydrogen-bond donors (Lipinski definition) is 1. The number of nitrogens with zero attached hydrogens (tertiary/aromatic N) is 1. The summed E-state index contributed by atoms with van der Waals surface area (Å²) in [5, 5.41) is 9.64. The van der Waals surface area contributed by atoms with Crippen LogP contribution in [0.25, 0.3) is 0 Å². The third-order valence-corrected chi connectivity index (χ3v) is 5.42. The summed E-state index contributed by atoms with van der Waals surface area (Å²) in [6.07, 6.45) is 1.93. The van der Waals surface area contributed by atoms with Gasteiger partial charge in [-0.2, -0.15) is 5.26 Å². The quantitative estimate of drug-likeness (QED) is 0.288. The molecule has 172 valence electrons. The number of carbonyl (C=O) groups excluding carboxylic acids is 1. The highest BCUT2D eigenvalue weighted by atomic mass is 19.1. The standard InChI is InChI=1S/C27H23FN2O4/c1-2-3-12-32-20-9-5-7-18(14-20)27(31)33-21-10-11-22-24(15-21)34-26(30)23(16-29)25(22)17-6-4-8-19(28)13-17/h4-11,13-15,25H,2-3,12,30H2,1H3. The molecule has 1 aliphatic heterocycles. The van der Waals surface area contributed by atoms with Crippen LogP contribution in [-0.4, -0.2) is 12.6 Å². The minimum Gasteiger partial charge on any atom is -0.494 e. The lowest BCUT2D eigenvalue weighted by atomic mass is 9.83. The molecule has 0 bridgehead atoms. The fraction of sp³-hybridized carbons (Fsp3) is 0.185. The van der Waals surface area contributed by atoms with E-state index < -0.39 is 17.7 Å². The van der Waals surface area contributed by atoms with Crippen molar-refractivity contribution in [2.75, 3.05) is 6.61 Å². The minimum atomic E-state index is -0.605. The van der Waals surface area contributed by atoms with Gasteiger partial charge in [0.1, 0.15) is 34.7 Å². The topological polar surface area (TPSA) is 94.6 Å². The summed E-state index contributed by atoms with van der Waals surface area (Å²) in [6.45, 7) is 2.65. The molecule has 4 rings (SSSR count). The predicted octanol–water partition coefficient (Wildman–Crippen LogP) is 5.44. The Morgan fingerprint density at radius 3 is 2.71 bits per heavy atom. The van der Waals surface area contributed by atoms with E-state index in [1.807, 2.05) is 0 Å². The van der Waals surface area contributed by atoms with Crippen molar-refractivity contribution in [1.82, 2.24) is 0 Å². The molecule has 0 fully saturated rings. The number of esters is 1. The largest absolute Gasteiger partial charge is 0.494 e. The summed E-state index contributed by atoms with van der Waals surface area (Å²) in [7, 11) is 0. The molecule has 0 aromatic heterocycles. The molecule has 3 aromatic rings. The second kappa shape index (κ2) is 10.1. The molecule has 0 saturated carbocycles. The molecular formula is C27H23FN2O4. The van der Waals surface area contributed by atoms with Crippen molar-refractivity contribution in [1.29, 1.82) is 5.26 Å². The summed E-state index contributed by atoms with van der Waals surface area (Å²) in [4.78, 5) is 12.7. The third kappa shape index (κ3) is 4.86. The van der Waals surface area contributed by atoms with E-state index in [-0.39, 0.29) is 17.2 Å². The van der Waals surface area contributed by atoms with E-state index in [0.29, 0.717) is 34.8 Å². The van der Waals surface area contributed by atoms with Gasteiger partial charge in [-0.1, -0.05) is 37.6 Å². The van der Waals surface area contributed by atoms with Gasteiger partial charge in [-0.15, -0.1) is 0 Å². The minimum absolute atomic E-state index is 0.0790. The van der Waals surface area contributed by atoms with Crippen molar-refractivity contribution in [2.45, 2.75) is 25.7 Å². The van der Waals surface area contributed by atoms with Gasteiger partial charge >= 0.3 is 5.97 Å². The van der Waals surface area contributed by atoms with Crippen LogP contribution in [0.5, 0.6) is 17.2 Å². The Morgan fingerprint density at radius 2 is 1.94 bits per heavy atom. The number of nitriles is 1. The Balaban J connectivity index is 1.59. The Hall–Kier alpha value is -4.31. The first-order valence-electron chi connectivity index (χ1n) is 10.9. The highest BCUT2D eigenvalue weighted by Gasteiger charge is 2.31. The number of fused-ring (bicyclic) bond motifs is 1. The average molecular weight is 458 g/mol. The second-order valence-corrected chi connectivity index (χ2v) is 7.80. The van der Waals surface area contributed by atoms with Crippen LogP contribution in [0.2, 0.25) is 0 Å². The summed E-state index contributed by atoms with van der Waals surface area (Å²) >= 11 is 0. The molecular weight excluding hydrogens is 435 g/mol. The summed E-state index contributed by atoms with van der Waals surface area (Å²) in [5.41, 5.74) is 7.70. The van der Waals surface area contributed by atoms with E-state index in [9.17, 15) is 14.4 Å². The van der Waals surface area contributed by atoms with Gasteiger partial charge in [-0.25, -0.2) is 9.18 Å². The van der Waals surface area contributed by atoms with Crippen molar-refractivity contribution in [3.63, 3.8) is 0 Å². The van der Waals surface area contributed by atoms with Crippen molar-refractivity contribution in [3.8, 4) is 23.3 Å². The zero-order valence-corrected chi connectivity index (χ0v) is 18.6. The molecule has 1 heterocycles. The van der Waals surface area contributed by atoms with E-state index in [2.05, 4.69) is 13.0 Å². The average Bonchev–Trinajstić information content (AvgIpc) is 2.83. The van der Waals surface area contributed by atoms with Crippen molar-refractivity contribution < 1.29 is 23.4 Å². The van der Waals surface area contributed by atoms with Gasteiger partial charge in [0.25, 0.3) is 0 Å². The smallest absolute Gasteiger partial charge is 0.343 e. The van der Waals surface area contributed by atoms with Gasteiger partial charge in [0, 0.05) is 11.6 Å². The summed E-state index contributed by atoms with van der Waals surface area (Å²) < 4.78 is 30.7. The van der Waals surface area contributed by atoms with Crippen LogP contribution in [0.15, 0.2) is 78.2 Å². The lowest BCUT2D eigenvalue weighted by molar-refractivity contribution is 0.0734. The van der Waals surface area contributed by atoms with Crippen LogP contribution in [0, 0.1) is 17.1 Å². The number of carbonyl (C=O) groups is 1. The molecule has 1 unspecified atom stereocenters. The first kappa shape index (κ1) is 22.9. The fourth-order valence-corrected chi connectivity index (χ4v) is 3.74. The number of nitrogens with two attached hydrogens (primary N) is 1. The number of ether oxygens (including phenoxy) is 3. The van der Waals surface area contributed by atoms with Crippen LogP contribution in [-0.2, 0) is 0 Å². The second-order valence-electron chi connectivity index (χ2n) is 7.80. The highest BCUT2D eigenvalue weighted by Crippen LogP contribution is 2.43. The van der Waals surface area contributed by atoms with Crippen molar-refractivity contribution >= 4 is 5.97 Å². The Morgan fingerprint density at radius 1 is 1.12 bits per heavy atom. The molecule has 2 N–H and O–H groups in total. The first-order chi connectivity index (χ1) is 16.5. The van der Waals surface area contributed by atoms with E-state index in [4.69, 9.17) is 19.9 Å². The van der Waals surface area contributed by atoms with Crippen LogP contribution in [0.3, 0.4) is 0 Å². The lowest BCUT2D eigenvalue weighted by Gasteiger charge is -2.26. The van der Waals surface area contributed by atoms with E-state index in [0.717, 1.165) is 12.8 Å². The number of allylic oxidation sites excluding steroid dienone is 1. The summed E-state index contributed by atoms with van der Waals surface area (Å²) in [6, 6.07) is 19.6. The zero-order chi connectivity index (χ0) is 24.1. The van der Waals surface area contributed by atoms with Crippen LogP contribution >= 0.6 is 0 Å². The van der Waals surface area contributed by atoms with Crippen LogP contribution in [0.1, 0.15) is 47.2 Å². The van der Waals surface area contributed by atoms with Crippen LogP contribution in [0.4, 0.5) is 4.39 Å². The maximum Gasteiger partial charge on any atom is 0.343 e. The number of halogens is 1. The van der Waals surface area contributed by atoms with Crippen LogP contribution < -0.4 is 19.9 Å². The monoisotopic (exact) mass is 458 g/mol. The first-order valence-corrected chi connectivity index (χ1v) is 10.9. The molecule has 0 aliphatic carbocycles. The molecule has 0 radical (unpaired) electrons. The Labute approximate surface area is 197 Å². The number of benzene rings is 3. The predicted molar refractivity (Wildman–Crippen MR) is 124 cm³/mol. The normalized spacial score (nSPS) is 14.6. The summed E-state index contributed by atoms with van der Waals surface area (Å²) in [5.74, 6) is -0.500. The highest BCUT2D eigenvalue weighted by molar-refractivity contribution is 5.91. The lowest BCUT2D eigenvalue weighted by Crippen LogP contribution is -2.21. The van der Waals surface area contributed by atoms with Gasteiger partial charge in [-0.05, 0) is 48.4 Å². The molecule has 7 heteroatoms. The van der Waals surface area contributed by atoms with Gasteiger partial charge in [0.05, 0.1) is 18.1 Å². The van der Waals surface area contributed by atoms with Gasteiger partial charge < -0.3 is 19.9 Å². The van der Waals surface area contributed by atoms with Gasteiger partial charge in [0.2, 0.25) is 5.88 Å². The molecule has 0 amide bonds. The molecule has 1 atom stereocenters. The number of hydrogen-bond acceptors (Lipinski definition) is 6. The molecule has 1 aliphatic rings. The third-order valence-electron chi connectivity index (χ3n) is 5.42. The maximum absolute atomic E-state index is 13.9. The van der Waals surface area contributed by atoms with Gasteiger partial charge in [-0.3, -0.25) is 0 Å². The fourth-order valence-electron chi connectivity index (χ4n) is 3.74. The number of unbranched alkanes of at least 4 members (excludes halogenated alkanes) is 1. The molecule has 3 aromatic carbocycles. The van der Waals surface area contributed by atoms with Crippen molar-refractivity contribution in [2.24, 2.45) is 5.73 Å². The number of rotatable bonds is 7. The zero-order valence-electron chi connectivity index (χ0n) is 18.6. The maximum atomic E-state index is 13.9. The van der Waals surface area contributed by atoms with E-state index in [1.165, 1.54) is 18.2 Å². The SMILES string of the molecule is CCCCOc1cccc(C(=O)Oc2ccc3c(c2)OC(N)=C(C#N)C3c2cccc(F)c2)c1. The Bertz CT molecular complexity index is 1300. The van der Waals surface area contributed by atoms with Crippen molar-refractivity contribution in [3.05, 3.63) is 101 Å². The molecule has 0 saturated heterocycles. The molecule has 6 nitrogen and oxygen atoms in total. The molecule has 34 heavy (non-hydrogen) atoms. The van der Waals surface area contributed by atoms with Gasteiger partial charge in [0.15, 0.2) is 0 Å². The Kier molecular flexibility index (Phi) is 6.79. The molecule has 0 spiro atoms.